The van der Waals surface area contributed by atoms with E-state index in [1.165, 1.54) is 17.5 Å². The van der Waals surface area contributed by atoms with Gasteiger partial charge >= 0.3 is 0 Å². The molecule has 0 radical (unpaired) electrons. The van der Waals surface area contributed by atoms with Crippen LogP contribution in [0.3, 0.4) is 0 Å². The Morgan fingerprint density at radius 1 is 1.00 bits per heavy atom. The summed E-state index contributed by atoms with van der Waals surface area (Å²) in [7, 11) is 0. The van der Waals surface area contributed by atoms with Crippen molar-refractivity contribution < 1.29 is 0 Å². The number of thiol groups is 2. The Morgan fingerprint density at radius 3 is 2.33 bits per heavy atom. The quantitative estimate of drug-likeness (QED) is 0.602. The Kier molecular flexibility index (Phi) is 4.72. The van der Waals surface area contributed by atoms with Gasteiger partial charge in [-0.15, -0.1) is 0 Å². The number of benzene rings is 2. The molecular formula is C18H19BrS2. The van der Waals surface area contributed by atoms with E-state index in [-0.39, 0.29) is 4.75 Å². The first-order valence-electron chi connectivity index (χ1n) is 7.33. The van der Waals surface area contributed by atoms with Crippen LogP contribution >= 0.6 is 41.2 Å². The van der Waals surface area contributed by atoms with Crippen LogP contribution < -0.4 is 0 Å². The average Bonchev–Trinajstić information content (AvgIpc) is 2.49. The summed E-state index contributed by atoms with van der Waals surface area (Å²) in [6, 6.07) is 19.3. The highest BCUT2D eigenvalue weighted by atomic mass is 79.9. The summed E-state index contributed by atoms with van der Waals surface area (Å²) in [5.41, 5.74) is 2.64. The molecule has 0 N–H and O–H groups in total. The van der Waals surface area contributed by atoms with Crippen molar-refractivity contribution in [3.8, 4) is 0 Å². The summed E-state index contributed by atoms with van der Waals surface area (Å²) in [5, 5.41) is 0.349. The highest BCUT2D eigenvalue weighted by Crippen LogP contribution is 2.53. The maximum atomic E-state index is 5.18. The van der Waals surface area contributed by atoms with Crippen molar-refractivity contribution in [1.29, 1.82) is 0 Å². The van der Waals surface area contributed by atoms with Gasteiger partial charge < -0.3 is 0 Å². The maximum Gasteiger partial charge on any atom is 0.0457 e. The normalized spacial score (nSPS) is 29.3. The summed E-state index contributed by atoms with van der Waals surface area (Å²) in [4.78, 5) is 0. The molecule has 0 bridgehead atoms. The van der Waals surface area contributed by atoms with E-state index >= 15 is 0 Å². The van der Waals surface area contributed by atoms with Crippen molar-refractivity contribution in [3.05, 3.63) is 70.2 Å². The molecule has 1 fully saturated rings. The summed E-state index contributed by atoms with van der Waals surface area (Å²) < 4.78 is 0.963. The Hall–Kier alpha value is -0.380. The number of hydrogen-bond acceptors (Lipinski definition) is 2. The molecule has 1 aliphatic rings. The van der Waals surface area contributed by atoms with Crippen LogP contribution in [0.2, 0.25) is 0 Å². The van der Waals surface area contributed by atoms with E-state index in [0.717, 1.165) is 17.3 Å². The zero-order valence-electron chi connectivity index (χ0n) is 11.7. The van der Waals surface area contributed by atoms with Crippen molar-refractivity contribution in [2.24, 2.45) is 0 Å². The molecule has 3 unspecified atom stereocenters. The first-order valence-corrected chi connectivity index (χ1v) is 9.08. The fourth-order valence-corrected chi connectivity index (χ4v) is 5.07. The molecule has 2 aromatic rings. The zero-order valence-corrected chi connectivity index (χ0v) is 15.1. The van der Waals surface area contributed by atoms with E-state index in [0.29, 0.717) is 11.2 Å². The van der Waals surface area contributed by atoms with Gasteiger partial charge in [0, 0.05) is 20.4 Å². The largest absolute Gasteiger partial charge is 0.175 e. The fraction of sp³-hybridized carbons (Fsp3) is 0.333. The van der Waals surface area contributed by atoms with Gasteiger partial charge in [-0.3, -0.25) is 0 Å². The molecule has 0 nitrogen and oxygen atoms in total. The topological polar surface area (TPSA) is 0 Å². The fourth-order valence-electron chi connectivity index (χ4n) is 3.44. The second-order valence-electron chi connectivity index (χ2n) is 5.78. The summed E-state index contributed by atoms with van der Waals surface area (Å²) in [5.74, 6) is 0.334. The number of hydrogen-bond donors (Lipinski definition) is 2. The molecule has 21 heavy (non-hydrogen) atoms. The van der Waals surface area contributed by atoms with Crippen LogP contribution in [-0.2, 0) is 4.75 Å². The minimum atomic E-state index is -0.146. The van der Waals surface area contributed by atoms with Crippen molar-refractivity contribution in [2.75, 3.05) is 0 Å². The molecule has 0 aromatic heterocycles. The van der Waals surface area contributed by atoms with Crippen LogP contribution in [0.5, 0.6) is 0 Å². The van der Waals surface area contributed by atoms with Gasteiger partial charge in [0.2, 0.25) is 0 Å². The lowest BCUT2D eigenvalue weighted by molar-refractivity contribution is 0.365. The highest BCUT2D eigenvalue weighted by Gasteiger charge is 2.43. The first-order chi connectivity index (χ1) is 10.1. The third-order valence-electron chi connectivity index (χ3n) is 4.46. The molecule has 2 aromatic carbocycles. The molecule has 0 spiro atoms. The second-order valence-corrected chi connectivity index (χ2v) is 8.16. The van der Waals surface area contributed by atoms with Crippen LogP contribution in [0.4, 0.5) is 0 Å². The lowest BCUT2D eigenvalue weighted by atomic mass is 9.71. The average molecular weight is 379 g/mol. The third-order valence-corrected chi connectivity index (χ3v) is 6.30. The predicted molar refractivity (Wildman–Crippen MR) is 101 cm³/mol. The van der Waals surface area contributed by atoms with E-state index in [1.54, 1.807) is 0 Å². The van der Waals surface area contributed by atoms with Gasteiger partial charge in [0.05, 0.1) is 0 Å². The highest BCUT2D eigenvalue weighted by molar-refractivity contribution is 9.10. The van der Waals surface area contributed by atoms with Crippen LogP contribution in [0, 0.1) is 0 Å². The van der Waals surface area contributed by atoms with Gasteiger partial charge in [-0.25, -0.2) is 0 Å². The molecule has 3 heteroatoms. The van der Waals surface area contributed by atoms with Gasteiger partial charge in [0.25, 0.3) is 0 Å². The maximum absolute atomic E-state index is 5.18. The van der Waals surface area contributed by atoms with Gasteiger partial charge in [0.15, 0.2) is 0 Å². The number of halogens is 1. The summed E-state index contributed by atoms with van der Waals surface area (Å²) in [6.07, 6.45) is 3.42. The summed E-state index contributed by atoms with van der Waals surface area (Å²) >= 11 is 13.6. The van der Waals surface area contributed by atoms with Crippen molar-refractivity contribution >= 4 is 41.2 Å². The van der Waals surface area contributed by atoms with Crippen LogP contribution in [-0.4, -0.2) is 5.25 Å². The number of rotatable bonds is 2. The monoisotopic (exact) mass is 378 g/mol. The minimum Gasteiger partial charge on any atom is -0.175 e. The molecule has 3 atom stereocenters. The standard InChI is InChI=1S/C18H19BrS2/c19-15-10-8-14(9-11-15)18(21)12-4-7-16(20)17(18)13-5-2-1-3-6-13/h1-3,5-6,8-11,16-17,20-21H,4,7,12H2. The van der Waals surface area contributed by atoms with Crippen LogP contribution in [0.1, 0.15) is 36.3 Å². The molecule has 110 valence electrons. The first kappa shape index (κ1) is 15.5. The van der Waals surface area contributed by atoms with Gasteiger partial charge in [-0.2, -0.15) is 25.3 Å². The van der Waals surface area contributed by atoms with Crippen molar-refractivity contribution in [1.82, 2.24) is 0 Å². The zero-order chi connectivity index (χ0) is 14.9. The third kappa shape index (κ3) is 3.06. The van der Waals surface area contributed by atoms with Crippen LogP contribution in [0.15, 0.2) is 59.1 Å². The van der Waals surface area contributed by atoms with Crippen LogP contribution in [0.25, 0.3) is 0 Å². The molecule has 3 rings (SSSR count). The van der Waals surface area contributed by atoms with E-state index in [1.807, 2.05) is 0 Å². The molecule has 0 heterocycles. The SMILES string of the molecule is SC1CCCC(S)(c2ccc(Br)cc2)C1c1ccccc1. The molecule has 0 aliphatic heterocycles. The van der Waals surface area contributed by atoms with E-state index in [2.05, 4.69) is 70.5 Å². The smallest absolute Gasteiger partial charge is 0.0457 e. The molecule has 0 amide bonds. The lowest BCUT2D eigenvalue weighted by Crippen LogP contribution is -2.37. The second kappa shape index (κ2) is 6.39. The molecule has 1 aliphatic carbocycles. The molecule has 1 saturated carbocycles. The van der Waals surface area contributed by atoms with Crippen molar-refractivity contribution in [2.45, 2.75) is 35.2 Å². The van der Waals surface area contributed by atoms with E-state index < -0.39 is 0 Å². The van der Waals surface area contributed by atoms with Gasteiger partial charge in [-0.05, 0) is 36.1 Å². The lowest BCUT2D eigenvalue weighted by Gasteiger charge is -2.44. The van der Waals surface area contributed by atoms with Gasteiger partial charge in [0.1, 0.15) is 0 Å². The van der Waals surface area contributed by atoms with Gasteiger partial charge in [-0.1, -0.05) is 64.8 Å². The Morgan fingerprint density at radius 2 is 1.67 bits per heavy atom. The minimum absolute atomic E-state index is 0.146. The van der Waals surface area contributed by atoms with E-state index in [9.17, 15) is 0 Å². The Labute approximate surface area is 146 Å². The Bertz CT molecular complexity index is 596. The Balaban J connectivity index is 2.06. The van der Waals surface area contributed by atoms with Crippen molar-refractivity contribution in [3.63, 3.8) is 0 Å². The molecular weight excluding hydrogens is 360 g/mol. The summed E-state index contributed by atoms with van der Waals surface area (Å²) in [6.45, 7) is 0. The molecule has 0 saturated heterocycles. The predicted octanol–water partition coefficient (Wildman–Crippen LogP) is 5.84. The van der Waals surface area contributed by atoms with E-state index in [4.69, 9.17) is 25.3 Å².